The molecule has 0 aromatic heterocycles. The first kappa shape index (κ1) is 15.3. The van der Waals surface area contributed by atoms with Crippen LogP contribution in [0.3, 0.4) is 0 Å². The van der Waals surface area contributed by atoms with Crippen LogP contribution in [-0.4, -0.2) is 7.05 Å². The zero-order chi connectivity index (χ0) is 15.6. The van der Waals surface area contributed by atoms with Gasteiger partial charge in [-0.05, 0) is 35.9 Å². The van der Waals surface area contributed by atoms with Crippen molar-refractivity contribution < 1.29 is 17.6 Å². The molecule has 112 valence electrons. The van der Waals surface area contributed by atoms with E-state index in [1.54, 1.807) is 25.2 Å². The van der Waals surface area contributed by atoms with E-state index in [4.69, 9.17) is 5.73 Å². The number of halogens is 4. The van der Waals surface area contributed by atoms with Crippen molar-refractivity contribution >= 4 is 11.4 Å². The smallest absolute Gasteiger partial charge is 0.342 e. The highest BCUT2D eigenvalue weighted by Gasteiger charge is 2.31. The van der Waals surface area contributed by atoms with Crippen LogP contribution in [0.25, 0.3) is 0 Å². The van der Waals surface area contributed by atoms with Crippen LogP contribution in [0.2, 0.25) is 0 Å². The van der Waals surface area contributed by atoms with Gasteiger partial charge in [0.1, 0.15) is 5.82 Å². The fourth-order valence-corrected chi connectivity index (χ4v) is 1.99. The van der Waals surface area contributed by atoms with Crippen LogP contribution in [-0.2, 0) is 12.7 Å². The lowest BCUT2D eigenvalue weighted by molar-refractivity contribution is -0.137. The Hall–Kier alpha value is -2.08. The Balaban J connectivity index is 2.37. The third-order valence-corrected chi connectivity index (χ3v) is 3.17. The highest BCUT2D eigenvalue weighted by molar-refractivity contribution is 5.64. The molecule has 0 atom stereocenters. The molecule has 0 aliphatic rings. The van der Waals surface area contributed by atoms with Crippen LogP contribution in [0, 0.1) is 5.82 Å². The Morgan fingerprint density at radius 2 is 1.81 bits per heavy atom. The van der Waals surface area contributed by atoms with Crippen molar-refractivity contribution in [2.75, 3.05) is 11.9 Å². The van der Waals surface area contributed by atoms with Crippen LogP contribution in [0.15, 0.2) is 42.5 Å². The molecule has 2 nitrogen and oxygen atoms in total. The van der Waals surface area contributed by atoms with E-state index in [0.29, 0.717) is 18.3 Å². The molecule has 2 aromatic carbocycles. The lowest BCUT2D eigenvalue weighted by Gasteiger charge is -2.21. The van der Waals surface area contributed by atoms with Crippen molar-refractivity contribution in [3.05, 3.63) is 59.4 Å². The number of nitrogens with two attached hydrogens (primary N) is 1. The van der Waals surface area contributed by atoms with Gasteiger partial charge >= 0.3 is 6.18 Å². The standard InChI is InChI=1S/C15H14F4N2/c1-21(12-4-2-3-10(7-12)9-20)14-6-5-11(8-13(14)16)15(17,18)19/h2-8H,9,20H2,1H3. The minimum absolute atomic E-state index is 0.0668. The van der Waals surface area contributed by atoms with Crippen LogP contribution >= 0.6 is 0 Å². The summed E-state index contributed by atoms with van der Waals surface area (Å²) in [5.74, 6) is -0.925. The molecule has 0 aliphatic heterocycles. The van der Waals surface area contributed by atoms with Crippen LogP contribution in [0.1, 0.15) is 11.1 Å². The number of benzene rings is 2. The summed E-state index contributed by atoms with van der Waals surface area (Å²) in [6.07, 6.45) is -4.56. The zero-order valence-corrected chi connectivity index (χ0v) is 11.3. The molecule has 0 heterocycles. The van der Waals surface area contributed by atoms with Crippen molar-refractivity contribution in [2.24, 2.45) is 5.73 Å². The first-order valence-electron chi connectivity index (χ1n) is 6.22. The average Bonchev–Trinajstić information content (AvgIpc) is 2.45. The SMILES string of the molecule is CN(c1cccc(CN)c1)c1ccc(C(F)(F)F)cc1F. The Kier molecular flexibility index (Phi) is 4.18. The van der Waals surface area contributed by atoms with Crippen molar-refractivity contribution in [1.82, 2.24) is 0 Å². The number of anilines is 2. The van der Waals surface area contributed by atoms with Gasteiger partial charge in [0.2, 0.25) is 0 Å². The maximum Gasteiger partial charge on any atom is 0.416 e. The van der Waals surface area contributed by atoms with Crippen molar-refractivity contribution in [2.45, 2.75) is 12.7 Å². The van der Waals surface area contributed by atoms with E-state index in [-0.39, 0.29) is 5.69 Å². The second-order valence-corrected chi connectivity index (χ2v) is 4.60. The largest absolute Gasteiger partial charge is 0.416 e. The molecule has 0 saturated heterocycles. The molecule has 6 heteroatoms. The van der Waals surface area contributed by atoms with Crippen molar-refractivity contribution in [3.63, 3.8) is 0 Å². The molecule has 0 bridgehead atoms. The summed E-state index contributed by atoms with van der Waals surface area (Å²) in [6.45, 7) is 0.331. The summed E-state index contributed by atoms with van der Waals surface area (Å²) in [5, 5.41) is 0. The van der Waals surface area contributed by atoms with E-state index in [1.807, 2.05) is 6.07 Å². The molecule has 0 spiro atoms. The normalized spacial score (nSPS) is 11.5. The predicted molar refractivity (Wildman–Crippen MR) is 73.8 cm³/mol. The lowest BCUT2D eigenvalue weighted by atomic mass is 10.1. The topological polar surface area (TPSA) is 29.3 Å². The summed E-state index contributed by atoms with van der Waals surface area (Å²) in [5.41, 5.74) is 6.10. The van der Waals surface area contributed by atoms with Crippen LogP contribution in [0.5, 0.6) is 0 Å². The monoisotopic (exact) mass is 298 g/mol. The molecule has 2 aromatic rings. The molecular formula is C15H14F4N2. The first-order chi connectivity index (χ1) is 9.82. The van der Waals surface area contributed by atoms with Gasteiger partial charge in [0.05, 0.1) is 11.3 Å². The Morgan fingerprint density at radius 3 is 2.38 bits per heavy atom. The van der Waals surface area contributed by atoms with E-state index in [0.717, 1.165) is 17.7 Å². The van der Waals surface area contributed by atoms with Gasteiger partial charge in [-0.25, -0.2) is 4.39 Å². The minimum atomic E-state index is -4.56. The van der Waals surface area contributed by atoms with Gasteiger partial charge in [-0.3, -0.25) is 0 Å². The van der Waals surface area contributed by atoms with Gasteiger partial charge in [-0.1, -0.05) is 12.1 Å². The third-order valence-electron chi connectivity index (χ3n) is 3.17. The highest BCUT2D eigenvalue weighted by Crippen LogP contribution is 2.33. The zero-order valence-electron chi connectivity index (χ0n) is 11.3. The quantitative estimate of drug-likeness (QED) is 0.865. The fraction of sp³-hybridized carbons (Fsp3) is 0.200. The number of hydrogen-bond acceptors (Lipinski definition) is 2. The van der Waals surface area contributed by atoms with Gasteiger partial charge < -0.3 is 10.6 Å². The van der Waals surface area contributed by atoms with E-state index < -0.39 is 17.6 Å². The number of hydrogen-bond donors (Lipinski definition) is 1. The predicted octanol–water partition coefficient (Wildman–Crippen LogP) is 4.07. The number of rotatable bonds is 3. The van der Waals surface area contributed by atoms with Gasteiger partial charge in [0.25, 0.3) is 0 Å². The van der Waals surface area contributed by atoms with Crippen molar-refractivity contribution in [1.29, 1.82) is 0 Å². The number of nitrogens with zero attached hydrogens (tertiary/aromatic N) is 1. The maximum atomic E-state index is 13.9. The summed E-state index contributed by atoms with van der Waals surface area (Å²) in [4.78, 5) is 1.48. The average molecular weight is 298 g/mol. The van der Waals surface area contributed by atoms with E-state index in [9.17, 15) is 17.6 Å². The molecule has 0 fully saturated rings. The lowest BCUT2D eigenvalue weighted by Crippen LogP contribution is -2.13. The molecule has 0 saturated carbocycles. The molecule has 0 radical (unpaired) electrons. The Labute approximate surface area is 119 Å². The summed E-state index contributed by atoms with van der Waals surface area (Å²) >= 11 is 0. The molecule has 0 aliphatic carbocycles. The molecule has 0 amide bonds. The maximum absolute atomic E-state index is 13.9. The Morgan fingerprint density at radius 1 is 1.10 bits per heavy atom. The van der Waals surface area contributed by atoms with E-state index in [2.05, 4.69) is 0 Å². The van der Waals surface area contributed by atoms with Crippen LogP contribution in [0.4, 0.5) is 28.9 Å². The van der Waals surface area contributed by atoms with Crippen LogP contribution < -0.4 is 10.6 Å². The van der Waals surface area contributed by atoms with Gasteiger partial charge in [-0.15, -0.1) is 0 Å². The van der Waals surface area contributed by atoms with Gasteiger partial charge in [0, 0.05) is 19.3 Å². The highest BCUT2D eigenvalue weighted by atomic mass is 19.4. The van der Waals surface area contributed by atoms with Gasteiger partial charge in [-0.2, -0.15) is 13.2 Å². The first-order valence-corrected chi connectivity index (χ1v) is 6.22. The molecule has 21 heavy (non-hydrogen) atoms. The second kappa shape index (κ2) is 5.73. The summed E-state index contributed by atoms with van der Waals surface area (Å²) in [6, 6.07) is 9.55. The molecule has 2 N–H and O–H groups in total. The molecule has 0 unspecified atom stereocenters. The Bertz CT molecular complexity index is 638. The summed E-state index contributed by atoms with van der Waals surface area (Å²) < 4.78 is 51.5. The second-order valence-electron chi connectivity index (χ2n) is 4.60. The van der Waals surface area contributed by atoms with Gasteiger partial charge in [0.15, 0.2) is 0 Å². The minimum Gasteiger partial charge on any atom is -0.342 e. The number of alkyl halides is 3. The van der Waals surface area contributed by atoms with E-state index in [1.165, 1.54) is 4.90 Å². The van der Waals surface area contributed by atoms with E-state index >= 15 is 0 Å². The third kappa shape index (κ3) is 3.33. The molecule has 2 rings (SSSR count). The van der Waals surface area contributed by atoms with Crippen molar-refractivity contribution in [3.8, 4) is 0 Å². The molecular weight excluding hydrogens is 284 g/mol. The summed E-state index contributed by atoms with van der Waals surface area (Å²) in [7, 11) is 1.58. The fourth-order valence-electron chi connectivity index (χ4n) is 1.99.